The molecule has 2 fully saturated rings. The molecule has 2 aliphatic carbocycles. The Bertz CT molecular complexity index is 983. The average molecular weight is 411 g/mol. The van der Waals surface area contributed by atoms with Crippen LogP contribution in [0.25, 0.3) is 0 Å². The van der Waals surface area contributed by atoms with Crippen LogP contribution in [0.5, 0.6) is 0 Å². The summed E-state index contributed by atoms with van der Waals surface area (Å²) in [6, 6.07) is 9.51. The molecule has 0 spiro atoms. The van der Waals surface area contributed by atoms with Gasteiger partial charge >= 0.3 is 0 Å². The highest BCUT2D eigenvalue weighted by Crippen LogP contribution is 2.77. The smallest absolute Gasteiger partial charge is 0.224 e. The molecule has 1 amide bonds. The van der Waals surface area contributed by atoms with Crippen LogP contribution in [0.4, 0.5) is 15.8 Å². The van der Waals surface area contributed by atoms with Gasteiger partial charge in [0.25, 0.3) is 0 Å². The van der Waals surface area contributed by atoms with Crippen molar-refractivity contribution in [2.24, 2.45) is 11.3 Å². The average Bonchev–Trinajstić information content (AvgIpc) is 3.54. The van der Waals surface area contributed by atoms with E-state index < -0.39 is 0 Å². The zero-order valence-corrected chi connectivity index (χ0v) is 17.9. The van der Waals surface area contributed by atoms with Crippen molar-refractivity contribution in [2.75, 3.05) is 22.5 Å². The molecule has 2 saturated carbocycles. The van der Waals surface area contributed by atoms with E-state index in [0.29, 0.717) is 11.8 Å². The summed E-state index contributed by atoms with van der Waals surface area (Å²) in [5.41, 5.74) is 5.94. The maximum absolute atomic E-state index is 13.5. The minimum Gasteiger partial charge on any atom is -0.367 e. The van der Waals surface area contributed by atoms with Crippen LogP contribution in [-0.2, 0) is 17.8 Å². The first kappa shape index (κ1) is 19.0. The Morgan fingerprint density at radius 2 is 2.07 bits per heavy atom. The lowest BCUT2D eigenvalue weighted by Crippen LogP contribution is -2.30. The van der Waals surface area contributed by atoms with Crippen molar-refractivity contribution in [3.8, 4) is 0 Å². The summed E-state index contributed by atoms with van der Waals surface area (Å²) >= 11 is 1.78. The molecule has 5 rings (SSSR count). The van der Waals surface area contributed by atoms with E-state index in [2.05, 4.69) is 36.2 Å². The van der Waals surface area contributed by atoms with Crippen molar-refractivity contribution in [1.82, 2.24) is 0 Å². The molecular weight excluding hydrogens is 383 g/mol. The predicted octanol–water partition coefficient (Wildman–Crippen LogP) is 5.55. The van der Waals surface area contributed by atoms with Crippen molar-refractivity contribution < 1.29 is 9.18 Å². The Labute approximate surface area is 176 Å². The number of nitrogens with zero attached hydrogens (tertiary/aromatic N) is 1. The Morgan fingerprint density at radius 1 is 1.28 bits per heavy atom. The number of carbonyl (C=O) groups excluding carboxylic acids is 1. The molecule has 1 heterocycles. The highest BCUT2D eigenvalue weighted by Gasteiger charge is 2.69. The molecule has 2 aromatic carbocycles. The monoisotopic (exact) mass is 410 g/mol. The second-order valence-corrected chi connectivity index (χ2v) is 10.2. The van der Waals surface area contributed by atoms with E-state index in [-0.39, 0.29) is 11.7 Å². The molecule has 3 aliphatic rings. The molecule has 0 unspecified atom stereocenters. The molecule has 152 valence electrons. The zero-order valence-electron chi connectivity index (χ0n) is 17.1. The standard InChI is InChI=1S/C24H27FN2OS/c1-3-29-21-10-20(27-7-6-16-9-19(25)5-4-17(16)14-27)8-15(2)23(21)26-22(28)13-24-11-18(24)12-24/h4-5,8-10,18H,3,6-7,11-14H2,1-2H3,(H,26,28). The van der Waals surface area contributed by atoms with Crippen molar-refractivity contribution in [3.63, 3.8) is 0 Å². The highest BCUT2D eigenvalue weighted by molar-refractivity contribution is 7.99. The summed E-state index contributed by atoms with van der Waals surface area (Å²) in [5.74, 6) is 1.79. The SMILES string of the molecule is CCSc1cc(N2CCc3cc(F)ccc3C2)cc(C)c1NC(=O)CC12CC1C2. The van der Waals surface area contributed by atoms with Crippen molar-refractivity contribution >= 4 is 29.0 Å². The number of anilines is 2. The maximum atomic E-state index is 13.5. The third-order valence-corrected chi connectivity index (χ3v) is 7.68. The van der Waals surface area contributed by atoms with E-state index in [1.165, 1.54) is 24.1 Å². The molecule has 5 heteroatoms. The second-order valence-electron chi connectivity index (χ2n) is 8.85. The fourth-order valence-corrected chi connectivity index (χ4v) is 5.56. The number of hydrogen-bond donors (Lipinski definition) is 1. The molecule has 1 aliphatic heterocycles. The van der Waals surface area contributed by atoms with Gasteiger partial charge in [0.05, 0.1) is 5.69 Å². The van der Waals surface area contributed by atoms with Gasteiger partial charge < -0.3 is 10.2 Å². The van der Waals surface area contributed by atoms with Gasteiger partial charge in [0.2, 0.25) is 5.91 Å². The lowest BCUT2D eigenvalue weighted by Gasteiger charge is -2.32. The molecule has 0 aromatic heterocycles. The molecule has 2 aromatic rings. The van der Waals surface area contributed by atoms with E-state index in [4.69, 9.17) is 0 Å². The summed E-state index contributed by atoms with van der Waals surface area (Å²) in [6.45, 7) is 5.89. The molecule has 3 nitrogen and oxygen atoms in total. The lowest BCUT2D eigenvalue weighted by molar-refractivity contribution is -0.116. The third kappa shape index (κ3) is 3.65. The predicted molar refractivity (Wildman–Crippen MR) is 117 cm³/mol. The number of aryl methyl sites for hydroxylation is 1. The van der Waals surface area contributed by atoms with Gasteiger partial charge in [-0.1, -0.05) is 13.0 Å². The fourth-order valence-electron chi connectivity index (χ4n) is 4.69. The third-order valence-electron chi connectivity index (χ3n) is 6.76. The van der Waals surface area contributed by atoms with Gasteiger partial charge in [0.15, 0.2) is 0 Å². The Morgan fingerprint density at radius 3 is 2.79 bits per heavy atom. The number of fused-ring (bicyclic) bond motifs is 2. The van der Waals surface area contributed by atoms with E-state index in [1.54, 1.807) is 23.9 Å². The number of rotatable bonds is 6. The molecule has 0 saturated heterocycles. The Kier molecular flexibility index (Phi) is 4.61. The van der Waals surface area contributed by atoms with Crippen LogP contribution in [0.2, 0.25) is 0 Å². The molecular formula is C24H27FN2OS. The Balaban J connectivity index is 1.38. The van der Waals surface area contributed by atoms with E-state index in [0.717, 1.165) is 52.9 Å². The maximum Gasteiger partial charge on any atom is 0.224 e. The normalized spacial score (nSPS) is 24.0. The lowest BCUT2D eigenvalue weighted by atomic mass is 9.99. The largest absolute Gasteiger partial charge is 0.367 e. The molecule has 0 radical (unpaired) electrons. The van der Waals surface area contributed by atoms with Crippen molar-refractivity contribution in [3.05, 3.63) is 52.8 Å². The van der Waals surface area contributed by atoms with Gasteiger partial charge in [0.1, 0.15) is 5.82 Å². The number of carbonyl (C=O) groups is 1. The summed E-state index contributed by atoms with van der Waals surface area (Å²) in [4.78, 5) is 16.1. The second kappa shape index (κ2) is 7.05. The number of halogens is 1. The number of amides is 1. The summed E-state index contributed by atoms with van der Waals surface area (Å²) in [6.07, 6.45) is 4.02. The topological polar surface area (TPSA) is 32.3 Å². The quantitative estimate of drug-likeness (QED) is 0.634. The highest BCUT2D eigenvalue weighted by atomic mass is 32.2. The first-order chi connectivity index (χ1) is 14.0. The van der Waals surface area contributed by atoms with Crippen LogP contribution in [0, 0.1) is 24.1 Å². The van der Waals surface area contributed by atoms with Gasteiger partial charge in [-0.05, 0) is 84.2 Å². The van der Waals surface area contributed by atoms with Crippen LogP contribution in [0.1, 0.15) is 42.9 Å². The van der Waals surface area contributed by atoms with Crippen LogP contribution in [0.3, 0.4) is 0 Å². The first-order valence-electron chi connectivity index (χ1n) is 10.6. The van der Waals surface area contributed by atoms with Crippen LogP contribution >= 0.6 is 11.8 Å². The minimum atomic E-state index is -0.155. The van der Waals surface area contributed by atoms with E-state index >= 15 is 0 Å². The molecule has 0 bridgehead atoms. The molecule has 29 heavy (non-hydrogen) atoms. The van der Waals surface area contributed by atoms with Gasteiger partial charge in [-0.2, -0.15) is 0 Å². The van der Waals surface area contributed by atoms with Crippen LogP contribution in [0.15, 0.2) is 35.2 Å². The Hall–Kier alpha value is -2.01. The summed E-state index contributed by atoms with van der Waals surface area (Å²) < 4.78 is 13.5. The first-order valence-corrected chi connectivity index (χ1v) is 11.6. The van der Waals surface area contributed by atoms with Gasteiger partial charge in [-0.3, -0.25) is 4.79 Å². The van der Waals surface area contributed by atoms with E-state index in [1.807, 2.05) is 6.07 Å². The minimum absolute atomic E-state index is 0.155. The summed E-state index contributed by atoms with van der Waals surface area (Å²) in [5, 5.41) is 3.22. The zero-order chi connectivity index (χ0) is 20.2. The van der Waals surface area contributed by atoms with Crippen LogP contribution < -0.4 is 10.2 Å². The van der Waals surface area contributed by atoms with Crippen molar-refractivity contribution in [1.29, 1.82) is 0 Å². The molecule has 1 N–H and O–H groups in total. The number of benzene rings is 2. The van der Waals surface area contributed by atoms with Gasteiger partial charge in [-0.15, -0.1) is 11.8 Å². The van der Waals surface area contributed by atoms with Crippen LogP contribution in [-0.4, -0.2) is 18.2 Å². The summed E-state index contributed by atoms with van der Waals surface area (Å²) in [7, 11) is 0. The number of thioether (sulfide) groups is 1. The van der Waals surface area contributed by atoms with Gasteiger partial charge in [0, 0.05) is 30.1 Å². The number of nitrogens with one attached hydrogen (secondary N) is 1. The fraction of sp³-hybridized carbons (Fsp3) is 0.458. The number of hydrogen-bond acceptors (Lipinski definition) is 3. The van der Waals surface area contributed by atoms with Crippen molar-refractivity contribution in [2.45, 2.75) is 51.0 Å². The van der Waals surface area contributed by atoms with E-state index in [9.17, 15) is 9.18 Å². The molecule has 0 atom stereocenters. The van der Waals surface area contributed by atoms with Gasteiger partial charge in [-0.25, -0.2) is 4.39 Å².